The lowest BCUT2D eigenvalue weighted by molar-refractivity contribution is 0.0646. The maximum atomic E-state index is 12.6. The zero-order chi connectivity index (χ0) is 16.5. The second-order valence-electron chi connectivity index (χ2n) is 6.05. The number of hydrogen-bond donors (Lipinski definition) is 2. The van der Waals surface area contributed by atoms with E-state index in [1.54, 1.807) is 6.20 Å². The maximum Gasteiger partial charge on any atom is 0.273 e. The van der Waals surface area contributed by atoms with Crippen molar-refractivity contribution in [3.63, 3.8) is 0 Å². The molecule has 4 rings (SSSR count). The molecule has 0 bridgehead atoms. The zero-order valence-corrected chi connectivity index (χ0v) is 13.9. The Labute approximate surface area is 143 Å². The van der Waals surface area contributed by atoms with Crippen molar-refractivity contribution in [1.82, 2.24) is 19.9 Å². The van der Waals surface area contributed by atoms with Crippen LogP contribution in [-0.2, 0) is 0 Å². The number of rotatable bonds is 3. The number of fused-ring (bicyclic) bond motifs is 1. The van der Waals surface area contributed by atoms with Crippen molar-refractivity contribution in [2.24, 2.45) is 5.92 Å². The number of nitrogens with one attached hydrogen (secondary N) is 1. The zero-order valence-electron chi connectivity index (χ0n) is 13.1. The first kappa shape index (κ1) is 15.3. The minimum absolute atomic E-state index is 0.0201. The van der Waals surface area contributed by atoms with Gasteiger partial charge in [-0.05, 0) is 30.9 Å². The highest BCUT2D eigenvalue weighted by atomic mass is 32.1. The van der Waals surface area contributed by atoms with Crippen molar-refractivity contribution in [3.05, 3.63) is 35.6 Å². The molecular weight excluding hydrogens is 324 g/mol. The van der Waals surface area contributed by atoms with E-state index in [0.717, 1.165) is 34.4 Å². The van der Waals surface area contributed by atoms with E-state index in [4.69, 9.17) is 0 Å². The third kappa shape index (κ3) is 2.70. The Hall–Kier alpha value is -2.25. The lowest BCUT2D eigenvalue weighted by atomic mass is 9.98. The lowest BCUT2D eigenvalue weighted by Crippen LogP contribution is -2.39. The Balaban J connectivity index is 1.57. The largest absolute Gasteiger partial charge is 0.396 e. The summed E-state index contributed by atoms with van der Waals surface area (Å²) in [7, 11) is 0. The van der Waals surface area contributed by atoms with Gasteiger partial charge in [-0.1, -0.05) is 0 Å². The number of thiazole rings is 1. The van der Waals surface area contributed by atoms with Gasteiger partial charge in [0.05, 0.1) is 0 Å². The fourth-order valence-electron chi connectivity index (χ4n) is 3.12. The Morgan fingerprint density at radius 1 is 1.38 bits per heavy atom. The van der Waals surface area contributed by atoms with E-state index in [1.165, 1.54) is 11.3 Å². The average Bonchev–Trinajstić information content (AvgIpc) is 3.30. The molecule has 1 aliphatic rings. The van der Waals surface area contributed by atoms with Crippen molar-refractivity contribution in [1.29, 1.82) is 0 Å². The van der Waals surface area contributed by atoms with E-state index in [9.17, 15) is 9.90 Å². The summed E-state index contributed by atoms with van der Waals surface area (Å²) in [4.78, 5) is 26.4. The molecule has 7 heteroatoms. The second-order valence-corrected chi connectivity index (χ2v) is 6.91. The van der Waals surface area contributed by atoms with E-state index in [0.29, 0.717) is 24.7 Å². The number of pyridine rings is 1. The highest BCUT2D eigenvalue weighted by Gasteiger charge is 2.25. The number of carbonyl (C=O) groups is 1. The van der Waals surface area contributed by atoms with Gasteiger partial charge in [0.1, 0.15) is 16.3 Å². The molecule has 0 aromatic carbocycles. The molecule has 0 atom stereocenters. The molecule has 0 saturated carbocycles. The van der Waals surface area contributed by atoms with Gasteiger partial charge in [0.25, 0.3) is 5.91 Å². The van der Waals surface area contributed by atoms with Crippen LogP contribution in [0.4, 0.5) is 0 Å². The lowest BCUT2D eigenvalue weighted by Gasteiger charge is -2.30. The monoisotopic (exact) mass is 342 g/mol. The number of amides is 1. The summed E-state index contributed by atoms with van der Waals surface area (Å²) < 4.78 is 0. The van der Waals surface area contributed by atoms with Crippen LogP contribution in [0.1, 0.15) is 23.3 Å². The van der Waals surface area contributed by atoms with Crippen LogP contribution in [0.15, 0.2) is 29.9 Å². The van der Waals surface area contributed by atoms with Crippen LogP contribution in [0.5, 0.6) is 0 Å². The van der Waals surface area contributed by atoms with Crippen molar-refractivity contribution >= 4 is 28.3 Å². The minimum atomic E-state index is -0.0201. The van der Waals surface area contributed by atoms with Gasteiger partial charge in [-0.3, -0.25) is 4.79 Å². The summed E-state index contributed by atoms with van der Waals surface area (Å²) in [6, 6.07) is 3.90. The minimum Gasteiger partial charge on any atom is -0.396 e. The Morgan fingerprint density at radius 3 is 3.00 bits per heavy atom. The van der Waals surface area contributed by atoms with Crippen molar-refractivity contribution in [2.75, 3.05) is 19.7 Å². The number of nitrogens with zero attached hydrogens (tertiary/aromatic N) is 3. The highest BCUT2D eigenvalue weighted by Crippen LogP contribution is 2.30. The predicted octanol–water partition coefficient (Wildman–Crippen LogP) is 2.53. The first-order valence-corrected chi connectivity index (χ1v) is 8.92. The van der Waals surface area contributed by atoms with Crippen LogP contribution in [0.3, 0.4) is 0 Å². The maximum absolute atomic E-state index is 12.6. The summed E-state index contributed by atoms with van der Waals surface area (Å²) in [6.07, 6.45) is 5.31. The molecule has 0 spiro atoms. The van der Waals surface area contributed by atoms with Crippen LogP contribution < -0.4 is 0 Å². The summed E-state index contributed by atoms with van der Waals surface area (Å²) in [5, 5.41) is 12.9. The molecule has 6 nitrogen and oxygen atoms in total. The molecule has 1 fully saturated rings. The number of aromatic nitrogens is 3. The van der Waals surface area contributed by atoms with Gasteiger partial charge in [0, 0.05) is 48.4 Å². The smallest absolute Gasteiger partial charge is 0.273 e. The number of aliphatic hydroxyl groups is 1. The molecular formula is C17H18N4O2S. The first-order valence-electron chi connectivity index (χ1n) is 8.04. The summed E-state index contributed by atoms with van der Waals surface area (Å²) in [5.41, 5.74) is 2.31. The Bertz CT molecular complexity index is 864. The second kappa shape index (κ2) is 6.33. The van der Waals surface area contributed by atoms with Crippen LogP contribution >= 0.6 is 11.3 Å². The number of aromatic amines is 1. The Morgan fingerprint density at radius 2 is 2.21 bits per heavy atom. The van der Waals surface area contributed by atoms with Crippen molar-refractivity contribution in [2.45, 2.75) is 12.8 Å². The van der Waals surface area contributed by atoms with Gasteiger partial charge in [0.15, 0.2) is 0 Å². The summed E-state index contributed by atoms with van der Waals surface area (Å²) in [6.45, 7) is 1.58. The predicted molar refractivity (Wildman–Crippen MR) is 92.9 cm³/mol. The molecule has 0 aliphatic carbocycles. The summed E-state index contributed by atoms with van der Waals surface area (Å²) >= 11 is 1.48. The van der Waals surface area contributed by atoms with E-state index >= 15 is 0 Å². The molecule has 24 heavy (non-hydrogen) atoms. The number of hydrogen-bond acceptors (Lipinski definition) is 5. The SMILES string of the molecule is O=C(c1csc(-c2ccnc3[nH]ccc23)n1)N1CCC(CO)CC1. The standard InChI is InChI=1S/C17H18N4O2S/c22-9-11-3-7-21(8-4-11)17(23)14-10-24-16(20-14)13-2-6-19-15-12(13)1-5-18-15/h1-2,5-6,10-11,22H,3-4,7-9H2,(H,18,19). The molecule has 1 aliphatic heterocycles. The third-order valence-electron chi connectivity index (χ3n) is 4.57. The highest BCUT2D eigenvalue weighted by molar-refractivity contribution is 7.13. The van der Waals surface area contributed by atoms with Gasteiger partial charge in [-0.15, -0.1) is 11.3 Å². The van der Waals surface area contributed by atoms with Gasteiger partial charge in [0.2, 0.25) is 0 Å². The molecule has 1 saturated heterocycles. The quantitative estimate of drug-likeness (QED) is 0.766. The van der Waals surface area contributed by atoms with E-state index < -0.39 is 0 Å². The van der Waals surface area contributed by atoms with Crippen LogP contribution in [0.25, 0.3) is 21.6 Å². The van der Waals surface area contributed by atoms with E-state index in [2.05, 4.69) is 15.0 Å². The molecule has 3 aromatic heterocycles. The molecule has 3 aromatic rings. The fraction of sp³-hybridized carbons (Fsp3) is 0.353. The molecule has 4 heterocycles. The van der Waals surface area contributed by atoms with Gasteiger partial charge in [-0.25, -0.2) is 9.97 Å². The topological polar surface area (TPSA) is 82.1 Å². The number of aliphatic hydroxyl groups excluding tert-OH is 1. The van der Waals surface area contributed by atoms with Crippen LogP contribution in [-0.4, -0.2) is 50.6 Å². The molecule has 0 radical (unpaired) electrons. The number of piperidine rings is 1. The summed E-state index contributed by atoms with van der Waals surface area (Å²) in [5.74, 6) is 0.298. The molecule has 0 unspecified atom stereocenters. The third-order valence-corrected chi connectivity index (χ3v) is 5.45. The van der Waals surface area contributed by atoms with E-state index in [1.807, 2.05) is 28.6 Å². The van der Waals surface area contributed by atoms with Crippen molar-refractivity contribution in [3.8, 4) is 10.6 Å². The Kier molecular flexibility index (Phi) is 4.03. The normalized spacial score (nSPS) is 16.0. The number of H-pyrrole nitrogens is 1. The van der Waals surface area contributed by atoms with Crippen molar-refractivity contribution < 1.29 is 9.90 Å². The molecule has 124 valence electrons. The van der Waals surface area contributed by atoms with Crippen LogP contribution in [0.2, 0.25) is 0 Å². The van der Waals surface area contributed by atoms with Gasteiger partial charge < -0.3 is 15.0 Å². The first-order chi connectivity index (χ1) is 11.8. The van der Waals surface area contributed by atoms with Crippen LogP contribution in [0, 0.1) is 5.92 Å². The number of likely N-dealkylation sites (tertiary alicyclic amines) is 1. The van der Waals surface area contributed by atoms with Gasteiger partial charge in [-0.2, -0.15) is 0 Å². The number of carbonyl (C=O) groups excluding carboxylic acids is 1. The van der Waals surface area contributed by atoms with E-state index in [-0.39, 0.29) is 12.5 Å². The average molecular weight is 342 g/mol. The fourth-order valence-corrected chi connectivity index (χ4v) is 3.96. The molecule has 1 amide bonds. The van der Waals surface area contributed by atoms with Gasteiger partial charge >= 0.3 is 0 Å². The molecule has 2 N–H and O–H groups in total.